The van der Waals surface area contributed by atoms with Crippen LogP contribution in [0.5, 0.6) is 5.75 Å². The summed E-state index contributed by atoms with van der Waals surface area (Å²) in [7, 11) is 1.92. The molecule has 0 radical (unpaired) electrons. The molecule has 2 aromatic heterocycles. The van der Waals surface area contributed by atoms with Gasteiger partial charge >= 0.3 is 0 Å². The number of ether oxygens (including phenoxy) is 1. The van der Waals surface area contributed by atoms with Crippen molar-refractivity contribution in [1.29, 1.82) is 0 Å². The predicted molar refractivity (Wildman–Crippen MR) is 141 cm³/mol. The molecule has 0 amide bonds. The topological polar surface area (TPSA) is 83.4 Å². The van der Waals surface area contributed by atoms with E-state index >= 15 is 0 Å². The Hall–Kier alpha value is -4.03. The van der Waals surface area contributed by atoms with Crippen LogP contribution in [-0.4, -0.2) is 45.2 Å². The van der Waals surface area contributed by atoms with Gasteiger partial charge in [-0.1, -0.05) is 35.7 Å². The number of aromatic nitrogens is 3. The van der Waals surface area contributed by atoms with Gasteiger partial charge in [-0.05, 0) is 61.0 Å². The molecule has 0 bridgehead atoms. The fraction of sp³-hybridized carbons (Fsp3) is 0.179. The lowest BCUT2D eigenvalue weighted by atomic mass is 10.2. The summed E-state index contributed by atoms with van der Waals surface area (Å²) in [5.74, 6) is 6.84. The van der Waals surface area contributed by atoms with E-state index in [2.05, 4.69) is 32.1 Å². The van der Waals surface area contributed by atoms with Gasteiger partial charge in [-0.25, -0.2) is 19.3 Å². The average molecular weight is 518 g/mol. The molecule has 2 N–H and O–H groups in total. The highest BCUT2D eigenvalue weighted by Crippen LogP contribution is 2.30. The smallest absolute Gasteiger partial charge is 0.149 e. The summed E-state index contributed by atoms with van der Waals surface area (Å²) in [5, 5.41) is 12.7. The first-order chi connectivity index (χ1) is 18.0. The van der Waals surface area contributed by atoms with Crippen molar-refractivity contribution in [3.63, 3.8) is 0 Å². The molecule has 0 spiro atoms. The maximum absolute atomic E-state index is 13.4. The molecule has 9 heteroatoms. The van der Waals surface area contributed by atoms with Crippen molar-refractivity contribution in [3.8, 4) is 17.6 Å². The Labute approximate surface area is 220 Å². The lowest BCUT2D eigenvalue weighted by molar-refractivity contribution is 0.216. The number of hydrogen-bond acceptors (Lipinski definition) is 7. The Morgan fingerprint density at radius 2 is 1.97 bits per heavy atom. The number of benzene rings is 2. The lowest BCUT2D eigenvalue weighted by Gasteiger charge is -2.14. The van der Waals surface area contributed by atoms with Crippen LogP contribution >= 0.6 is 11.6 Å². The van der Waals surface area contributed by atoms with E-state index in [1.54, 1.807) is 36.5 Å². The van der Waals surface area contributed by atoms with Crippen molar-refractivity contribution in [2.75, 3.05) is 25.5 Å². The number of rotatable bonds is 9. The van der Waals surface area contributed by atoms with Crippen molar-refractivity contribution in [3.05, 3.63) is 107 Å². The molecule has 0 unspecified atom stereocenters. The fourth-order valence-electron chi connectivity index (χ4n) is 3.44. The standard InChI is InChI=1S/C28H25ClFN5O2/c1-35(12-13-36)17-25-7-3-6-23(33-25)9-8-21-16-31-19-32-28(21)34-24-10-11-27(26(29)15-24)37-18-20-4-2-5-22(30)14-20/h2-7,10-11,14-16,19,36H,12-13,17-18H2,1H3,(H,31,32,34). The fourth-order valence-corrected chi connectivity index (χ4v) is 3.67. The van der Waals surface area contributed by atoms with E-state index in [4.69, 9.17) is 21.4 Å². The van der Waals surface area contributed by atoms with Crippen LogP contribution in [0.2, 0.25) is 5.02 Å². The van der Waals surface area contributed by atoms with E-state index in [-0.39, 0.29) is 19.0 Å². The van der Waals surface area contributed by atoms with Gasteiger partial charge in [-0.15, -0.1) is 0 Å². The molecule has 0 saturated carbocycles. The molecule has 4 rings (SSSR count). The van der Waals surface area contributed by atoms with E-state index in [0.29, 0.717) is 52.2 Å². The molecule has 37 heavy (non-hydrogen) atoms. The number of likely N-dealkylation sites (N-methyl/N-ethyl adjacent to an activating group) is 1. The molecular weight excluding hydrogens is 493 g/mol. The summed E-state index contributed by atoms with van der Waals surface area (Å²) < 4.78 is 19.1. The zero-order valence-corrected chi connectivity index (χ0v) is 20.9. The number of hydrogen-bond donors (Lipinski definition) is 2. The normalized spacial score (nSPS) is 10.6. The minimum absolute atomic E-state index is 0.0929. The second kappa shape index (κ2) is 12.8. The molecule has 7 nitrogen and oxygen atoms in total. The molecule has 0 fully saturated rings. The van der Waals surface area contributed by atoms with E-state index in [1.165, 1.54) is 18.5 Å². The van der Waals surface area contributed by atoms with Gasteiger partial charge < -0.3 is 15.2 Å². The van der Waals surface area contributed by atoms with Gasteiger partial charge in [0.25, 0.3) is 0 Å². The number of halogens is 2. The van der Waals surface area contributed by atoms with Gasteiger partial charge in [-0.3, -0.25) is 4.90 Å². The average Bonchev–Trinajstić information content (AvgIpc) is 2.88. The SMILES string of the molecule is CN(CCO)Cc1cccc(C#Cc2cncnc2Nc2ccc(OCc3cccc(F)c3)c(Cl)c2)n1. The Morgan fingerprint density at radius 3 is 2.78 bits per heavy atom. The van der Waals surface area contributed by atoms with Crippen LogP contribution in [0.3, 0.4) is 0 Å². The van der Waals surface area contributed by atoms with Gasteiger partial charge in [0.1, 0.15) is 36.0 Å². The Morgan fingerprint density at radius 1 is 1.11 bits per heavy atom. The van der Waals surface area contributed by atoms with Gasteiger partial charge in [0.2, 0.25) is 0 Å². The molecule has 0 aliphatic carbocycles. The van der Waals surface area contributed by atoms with Crippen molar-refractivity contribution in [1.82, 2.24) is 19.9 Å². The third kappa shape index (κ3) is 7.72. The van der Waals surface area contributed by atoms with Crippen LogP contribution in [-0.2, 0) is 13.2 Å². The summed E-state index contributed by atoms with van der Waals surface area (Å²) in [6, 6.07) is 17.1. The van der Waals surface area contributed by atoms with E-state index in [9.17, 15) is 4.39 Å². The van der Waals surface area contributed by atoms with Crippen molar-refractivity contribution in [2.24, 2.45) is 0 Å². The number of aliphatic hydroxyl groups excluding tert-OH is 1. The van der Waals surface area contributed by atoms with Gasteiger partial charge in [0.05, 0.1) is 22.9 Å². The monoisotopic (exact) mass is 517 g/mol. The molecule has 0 aliphatic heterocycles. The predicted octanol–water partition coefficient (Wildman–Crippen LogP) is 4.81. The van der Waals surface area contributed by atoms with E-state index in [0.717, 1.165) is 5.69 Å². The van der Waals surface area contributed by atoms with Gasteiger partial charge in [0.15, 0.2) is 0 Å². The number of nitrogens with zero attached hydrogens (tertiary/aromatic N) is 4. The Balaban J connectivity index is 1.45. The first kappa shape index (κ1) is 26.0. The Bertz CT molecular complexity index is 1420. The van der Waals surface area contributed by atoms with Gasteiger partial charge in [0, 0.05) is 25.0 Å². The van der Waals surface area contributed by atoms with Crippen LogP contribution in [0.4, 0.5) is 15.9 Å². The third-order valence-corrected chi connectivity index (χ3v) is 5.53. The second-order valence-electron chi connectivity index (χ2n) is 8.20. The summed E-state index contributed by atoms with van der Waals surface area (Å²) in [6.45, 7) is 1.47. The van der Waals surface area contributed by atoms with E-state index in [1.807, 2.05) is 30.1 Å². The second-order valence-corrected chi connectivity index (χ2v) is 8.61. The maximum atomic E-state index is 13.4. The first-order valence-corrected chi connectivity index (χ1v) is 11.9. The highest BCUT2D eigenvalue weighted by molar-refractivity contribution is 6.32. The van der Waals surface area contributed by atoms with Crippen LogP contribution in [0.1, 0.15) is 22.5 Å². The van der Waals surface area contributed by atoms with Crippen LogP contribution in [0, 0.1) is 17.7 Å². The minimum atomic E-state index is -0.315. The molecule has 2 heterocycles. The highest BCUT2D eigenvalue weighted by atomic mass is 35.5. The van der Waals surface area contributed by atoms with Crippen molar-refractivity contribution in [2.45, 2.75) is 13.2 Å². The molecule has 0 saturated heterocycles. The lowest BCUT2D eigenvalue weighted by Crippen LogP contribution is -2.22. The molecular formula is C28H25ClFN5O2. The highest BCUT2D eigenvalue weighted by Gasteiger charge is 2.08. The molecule has 0 atom stereocenters. The van der Waals surface area contributed by atoms with E-state index < -0.39 is 0 Å². The molecule has 188 valence electrons. The van der Waals surface area contributed by atoms with Crippen molar-refractivity contribution < 1.29 is 14.2 Å². The zero-order chi connectivity index (χ0) is 26.0. The summed E-state index contributed by atoms with van der Waals surface area (Å²) >= 11 is 6.42. The summed E-state index contributed by atoms with van der Waals surface area (Å²) in [6.07, 6.45) is 3.06. The maximum Gasteiger partial charge on any atom is 0.149 e. The van der Waals surface area contributed by atoms with Crippen molar-refractivity contribution >= 4 is 23.1 Å². The molecule has 0 aliphatic rings. The van der Waals surface area contributed by atoms with Crippen LogP contribution < -0.4 is 10.1 Å². The van der Waals surface area contributed by atoms with Crippen LogP contribution in [0.15, 0.2) is 73.2 Å². The number of anilines is 2. The molecule has 4 aromatic rings. The third-order valence-electron chi connectivity index (χ3n) is 5.24. The quantitative estimate of drug-likeness (QED) is 0.308. The largest absolute Gasteiger partial charge is 0.487 e. The summed E-state index contributed by atoms with van der Waals surface area (Å²) in [5.41, 5.74) is 3.47. The van der Waals surface area contributed by atoms with Gasteiger partial charge in [-0.2, -0.15) is 0 Å². The number of pyridine rings is 1. The van der Waals surface area contributed by atoms with Crippen LogP contribution in [0.25, 0.3) is 0 Å². The number of nitrogens with one attached hydrogen (secondary N) is 1. The summed E-state index contributed by atoms with van der Waals surface area (Å²) in [4.78, 5) is 15.0. The minimum Gasteiger partial charge on any atom is -0.487 e. The number of aliphatic hydroxyl groups is 1. The first-order valence-electron chi connectivity index (χ1n) is 11.5. The molecule has 2 aromatic carbocycles. The Kier molecular flexibility index (Phi) is 9.00. The zero-order valence-electron chi connectivity index (χ0n) is 20.2.